The molecule has 0 fully saturated rings. The van der Waals surface area contributed by atoms with E-state index in [-0.39, 0.29) is 12.8 Å². The molecule has 59 heavy (non-hydrogen) atoms. The van der Waals surface area contributed by atoms with Gasteiger partial charge < -0.3 is 4.74 Å². The lowest BCUT2D eigenvalue weighted by Crippen LogP contribution is -2.32. The van der Waals surface area contributed by atoms with Crippen molar-refractivity contribution in [2.24, 2.45) is 11.8 Å². The lowest BCUT2D eigenvalue weighted by Gasteiger charge is -2.16. The molecule has 0 saturated heterocycles. The van der Waals surface area contributed by atoms with Gasteiger partial charge in [0.15, 0.2) is 11.6 Å². The number of carbonyl (C=O) groups excluding carboxylic acids is 4. The SMILES string of the molecule is CCCCCCCC/C=C\CCCCCCC(C(=O)C=Cc1ccccc1)C(=O)OC(=O)C(CCCCCC/C=C\CCCCCCCC)C(=O)C=Cc1ccccc1. The van der Waals surface area contributed by atoms with Crippen molar-refractivity contribution in [3.05, 3.63) is 108 Å². The molecular weight excluding hydrogens is 729 g/mol. The number of carbonyl (C=O) groups is 4. The van der Waals surface area contributed by atoms with Crippen molar-refractivity contribution < 1.29 is 23.9 Å². The minimum atomic E-state index is -1.11. The Morgan fingerprint density at radius 1 is 0.424 bits per heavy atom. The van der Waals surface area contributed by atoms with Gasteiger partial charge in [0.1, 0.15) is 11.8 Å². The van der Waals surface area contributed by atoms with Crippen LogP contribution in [0, 0.1) is 11.8 Å². The van der Waals surface area contributed by atoms with Crippen molar-refractivity contribution in [3.8, 4) is 0 Å². The van der Waals surface area contributed by atoms with Gasteiger partial charge in [0.25, 0.3) is 0 Å². The Labute approximate surface area is 359 Å². The van der Waals surface area contributed by atoms with E-state index < -0.39 is 35.3 Å². The molecule has 2 aromatic carbocycles. The summed E-state index contributed by atoms with van der Waals surface area (Å²) in [5.74, 6) is -4.74. The monoisotopic (exact) mass is 807 g/mol. The molecule has 5 heteroatoms. The summed E-state index contributed by atoms with van der Waals surface area (Å²) in [6.07, 6.45) is 43.1. The largest absolute Gasteiger partial charge is 0.392 e. The zero-order chi connectivity index (χ0) is 42.4. The predicted molar refractivity (Wildman–Crippen MR) is 249 cm³/mol. The van der Waals surface area contributed by atoms with Crippen LogP contribution >= 0.6 is 0 Å². The van der Waals surface area contributed by atoms with Crippen LogP contribution in [0.2, 0.25) is 0 Å². The highest BCUT2D eigenvalue weighted by molar-refractivity contribution is 6.12. The van der Waals surface area contributed by atoms with E-state index in [1.165, 1.54) is 89.2 Å². The van der Waals surface area contributed by atoms with E-state index in [0.29, 0.717) is 12.8 Å². The van der Waals surface area contributed by atoms with Crippen LogP contribution in [0.25, 0.3) is 12.2 Å². The highest BCUT2D eigenvalue weighted by atomic mass is 16.6. The van der Waals surface area contributed by atoms with Crippen molar-refractivity contribution in [1.82, 2.24) is 0 Å². The van der Waals surface area contributed by atoms with Crippen LogP contribution in [0.1, 0.15) is 192 Å². The van der Waals surface area contributed by atoms with Gasteiger partial charge in [-0.25, -0.2) is 0 Å². The molecule has 0 N–H and O–H groups in total. The van der Waals surface area contributed by atoms with Crippen molar-refractivity contribution in [1.29, 1.82) is 0 Å². The van der Waals surface area contributed by atoms with Gasteiger partial charge >= 0.3 is 11.9 Å². The molecule has 0 bridgehead atoms. The first-order valence-corrected chi connectivity index (χ1v) is 23.6. The van der Waals surface area contributed by atoms with Crippen LogP contribution in [0.5, 0.6) is 0 Å². The average molecular weight is 807 g/mol. The van der Waals surface area contributed by atoms with E-state index in [4.69, 9.17) is 4.74 Å². The minimum Gasteiger partial charge on any atom is -0.392 e. The van der Waals surface area contributed by atoms with Crippen LogP contribution in [-0.4, -0.2) is 23.5 Å². The van der Waals surface area contributed by atoms with Crippen molar-refractivity contribution >= 4 is 35.7 Å². The van der Waals surface area contributed by atoms with Gasteiger partial charge in [0.2, 0.25) is 0 Å². The van der Waals surface area contributed by atoms with E-state index in [1.54, 1.807) is 12.2 Å². The molecule has 0 saturated carbocycles. The number of rotatable bonds is 36. The van der Waals surface area contributed by atoms with E-state index >= 15 is 0 Å². The summed E-state index contributed by atoms with van der Waals surface area (Å²) < 4.78 is 5.45. The summed E-state index contributed by atoms with van der Waals surface area (Å²) in [6.45, 7) is 4.49. The molecule has 2 rings (SSSR count). The Hall–Kier alpha value is -4.12. The zero-order valence-corrected chi connectivity index (χ0v) is 37.0. The van der Waals surface area contributed by atoms with Crippen molar-refractivity contribution in [2.45, 2.75) is 181 Å². The fourth-order valence-corrected chi connectivity index (χ4v) is 7.20. The molecule has 0 aliphatic carbocycles. The smallest absolute Gasteiger partial charge is 0.324 e. The van der Waals surface area contributed by atoms with Gasteiger partial charge in [-0.3, -0.25) is 19.2 Å². The van der Waals surface area contributed by atoms with Crippen LogP contribution < -0.4 is 0 Å². The van der Waals surface area contributed by atoms with E-state index in [9.17, 15) is 19.2 Å². The van der Waals surface area contributed by atoms with Gasteiger partial charge in [0, 0.05) is 0 Å². The number of hydrogen-bond donors (Lipinski definition) is 0. The summed E-state index contributed by atoms with van der Waals surface area (Å²) in [7, 11) is 0. The Balaban J connectivity index is 1.95. The Morgan fingerprint density at radius 3 is 1.07 bits per heavy atom. The predicted octanol–water partition coefficient (Wildman–Crippen LogP) is 15.1. The summed E-state index contributed by atoms with van der Waals surface area (Å²) in [6, 6.07) is 18.9. The fourth-order valence-electron chi connectivity index (χ4n) is 7.20. The average Bonchev–Trinajstić information content (AvgIpc) is 3.25. The van der Waals surface area contributed by atoms with Gasteiger partial charge in [-0.15, -0.1) is 0 Å². The fraction of sp³-hybridized carbons (Fsp3) is 0.556. The Morgan fingerprint density at radius 2 is 0.729 bits per heavy atom. The maximum atomic E-state index is 13.6. The van der Waals surface area contributed by atoms with Crippen LogP contribution in [0.15, 0.2) is 97.1 Å². The second-order valence-electron chi connectivity index (χ2n) is 16.2. The molecule has 2 unspecified atom stereocenters. The first-order valence-electron chi connectivity index (χ1n) is 23.6. The molecule has 0 heterocycles. The number of ketones is 2. The molecule has 0 spiro atoms. The maximum Gasteiger partial charge on any atom is 0.324 e. The number of esters is 2. The number of unbranched alkanes of at least 4 members (excludes halogenated alkanes) is 20. The van der Waals surface area contributed by atoms with Crippen LogP contribution in [0.3, 0.4) is 0 Å². The molecule has 0 aromatic heterocycles. The van der Waals surface area contributed by atoms with Gasteiger partial charge in [-0.05, 0) is 87.5 Å². The molecule has 0 aliphatic rings. The molecule has 2 aromatic rings. The van der Waals surface area contributed by atoms with E-state index in [0.717, 1.165) is 75.3 Å². The number of benzene rings is 2. The van der Waals surface area contributed by atoms with E-state index in [2.05, 4.69) is 38.2 Å². The molecule has 2 atom stereocenters. The lowest BCUT2D eigenvalue weighted by molar-refractivity contribution is -0.166. The summed E-state index contributed by atoms with van der Waals surface area (Å²) in [4.78, 5) is 54.3. The molecule has 324 valence electrons. The molecular formula is C54H78O5. The Kier molecular flexibility index (Phi) is 31.0. The summed E-state index contributed by atoms with van der Waals surface area (Å²) >= 11 is 0. The topological polar surface area (TPSA) is 77.5 Å². The molecule has 0 amide bonds. The van der Waals surface area contributed by atoms with E-state index in [1.807, 2.05) is 60.7 Å². The zero-order valence-electron chi connectivity index (χ0n) is 37.0. The standard InChI is InChI=1S/C54H78O5/c1-3-5-7-9-11-13-15-17-19-21-23-25-27-35-41-49(51(55)45-43-47-37-31-29-32-38-47)53(57)59-54(58)50(52(56)46-44-48-39-33-30-34-40-48)42-36-28-26-24-22-20-18-16-14-12-10-8-6-4-2/h17-20,29-34,37-40,43-46,49-50H,3-16,21-28,35-36,41-42H2,1-2H3/b19-17-,20-18-,45-43?,46-44?. The first-order chi connectivity index (χ1) is 29.0. The summed E-state index contributed by atoms with van der Waals surface area (Å²) in [5, 5.41) is 0. The number of allylic oxidation sites excluding steroid dienone is 6. The molecule has 5 nitrogen and oxygen atoms in total. The summed E-state index contributed by atoms with van der Waals surface area (Å²) in [5.41, 5.74) is 1.68. The number of ether oxygens (including phenoxy) is 1. The normalized spacial score (nSPS) is 12.8. The van der Waals surface area contributed by atoms with Crippen molar-refractivity contribution in [2.75, 3.05) is 0 Å². The second kappa shape index (κ2) is 35.8. The first kappa shape index (κ1) is 51.0. The maximum absolute atomic E-state index is 13.6. The molecule has 0 aliphatic heterocycles. The van der Waals surface area contributed by atoms with Crippen LogP contribution in [0.4, 0.5) is 0 Å². The van der Waals surface area contributed by atoms with Crippen molar-refractivity contribution in [3.63, 3.8) is 0 Å². The van der Waals surface area contributed by atoms with Gasteiger partial charge in [0.05, 0.1) is 0 Å². The second-order valence-corrected chi connectivity index (χ2v) is 16.2. The Bertz CT molecular complexity index is 1390. The third kappa shape index (κ3) is 26.6. The molecule has 0 radical (unpaired) electrons. The minimum absolute atomic E-state index is 0.290. The van der Waals surface area contributed by atoms with Gasteiger partial charge in [-0.2, -0.15) is 0 Å². The lowest BCUT2D eigenvalue weighted by atomic mass is 9.94. The number of hydrogen-bond acceptors (Lipinski definition) is 5. The third-order valence-electron chi connectivity index (χ3n) is 10.9. The van der Waals surface area contributed by atoms with Gasteiger partial charge in [-0.1, -0.05) is 214 Å². The van der Waals surface area contributed by atoms with Crippen LogP contribution in [-0.2, 0) is 23.9 Å². The highest BCUT2D eigenvalue weighted by Crippen LogP contribution is 2.21. The highest BCUT2D eigenvalue weighted by Gasteiger charge is 2.33. The third-order valence-corrected chi connectivity index (χ3v) is 10.9. The quantitative estimate of drug-likeness (QED) is 0.0225.